The summed E-state index contributed by atoms with van der Waals surface area (Å²) >= 11 is 0. The first-order valence-electron chi connectivity index (χ1n) is 45.4. The zero-order chi connectivity index (χ0) is 97.6. The van der Waals surface area contributed by atoms with E-state index in [4.69, 9.17) is 6.42 Å². The Labute approximate surface area is 802 Å². The number of halogens is 1. The highest BCUT2D eigenvalue weighted by molar-refractivity contribution is 6.07. The summed E-state index contributed by atoms with van der Waals surface area (Å²) in [7, 11) is 0. The quantitative estimate of drug-likeness (QED) is 0.0316. The lowest BCUT2D eigenvalue weighted by Gasteiger charge is -2.22. The van der Waals surface area contributed by atoms with Gasteiger partial charge in [-0.25, -0.2) is 34.3 Å². The maximum absolute atomic E-state index is 12.7. The first-order valence-corrected chi connectivity index (χ1v) is 45.4. The molecule has 2 aliphatic rings. The van der Waals surface area contributed by atoms with Crippen molar-refractivity contribution in [3.8, 4) is 103 Å². The van der Waals surface area contributed by atoms with Gasteiger partial charge in [0.05, 0.1) is 0 Å². The molecule has 7 amide bonds. The SMILES string of the molecule is C#CC(=O)Nc1cccc(-c2cnc3[nH]cc(C)c3c2)c1.C=CC(=O)N1CCCC1C(=O)Nc1cccc(-c2cnc3[nH]cc(C)c3c2)c1.CC#CC(=O)Nc1cccc(-c2cnc3[nH]cc(C)c3c2)c1.CCC#CC(=O)Nc1cccc(-c2cnc3[nH]cc(C)c3c2)c1.Cc1c[nH]c2ncc(-c3cccc(NC(=O)C4CCCC4)c3)cc12.Cc1c[nH]c2ncc(-c3cccc(NC(=O)CF)c3)cc12. The van der Waals surface area contributed by atoms with Crippen molar-refractivity contribution < 1.29 is 38.0 Å². The predicted octanol–water partition coefficient (Wildman–Crippen LogP) is 22.3. The van der Waals surface area contributed by atoms with E-state index in [1.807, 2.05) is 237 Å². The molecule has 1 unspecified atom stereocenters. The van der Waals surface area contributed by atoms with E-state index in [-0.39, 0.29) is 35.5 Å². The molecule has 1 atom stereocenters. The van der Waals surface area contributed by atoms with Crippen LogP contribution in [0, 0.1) is 83.5 Å². The zero-order valence-electron chi connectivity index (χ0n) is 78.0. The number of alkyl halides is 1. The molecule has 1 saturated heterocycles. The number of carbonyl (C=O) groups excluding carboxylic acids is 7. The highest BCUT2D eigenvalue weighted by atomic mass is 19.1. The lowest BCUT2D eigenvalue weighted by Crippen LogP contribution is -2.42. The standard InChI is InChI=1S/C22H22N4O2.C20H21N3O.C19H17N3O.C18H15N3O.C17H13N3O.C16H14FN3O/c1-3-20(27)26-9-5-8-19(26)22(28)25-17-7-4-6-15(10-17)16-11-18-14(2)12-23-21(18)24-13-16;1-13-11-21-19-18(13)10-16(12-22-19)15-7-4-8-17(9-15)23-20(24)14-5-2-3-6-14;1-3-4-8-18(23)22-16-7-5-6-14(9-16)15-10-17-13(2)11-20-19(17)21-12-15;1-3-5-17(22)21-15-7-4-6-13(8-15)14-9-16-12(2)10-19-18(16)20-11-14;1-3-16(21)20-14-6-4-5-12(7-14)13-8-15-11(2)9-18-17(15)19-10-13;1-10-8-18-16-14(10)6-12(9-19-16)11-3-2-4-13(5-11)20-15(21)7-17/h3-4,6-7,10-13,19H,1,5,8-9H2,2H3,(H,23,24)(H,25,28);4,7-12,14H,2-3,5-6H2,1H3,(H,21,22)(H,23,24);5-7,9-12H,3H2,1-2H3,(H,20,21)(H,22,23);4,6-11H,1-2H3,(H,19,20)(H,21,22);1,4-10H,2H3,(H,18,19)(H,20,21);2-6,8-9H,7H2,1H3,(H,18,19)(H,20,21). The number of hydrogen-bond acceptors (Lipinski definition) is 13. The fourth-order valence-corrected chi connectivity index (χ4v) is 16.5. The van der Waals surface area contributed by atoms with Crippen LogP contribution >= 0.6 is 0 Å². The highest BCUT2D eigenvalue weighted by Gasteiger charge is 2.33. The third-order valence-corrected chi connectivity index (χ3v) is 23.8. The number of pyridine rings is 6. The van der Waals surface area contributed by atoms with Gasteiger partial charge in [-0.05, 0) is 274 Å². The topological polar surface area (TPSA) is 367 Å². The van der Waals surface area contributed by atoms with Gasteiger partial charge in [-0.15, -0.1) is 6.42 Å². The molecule has 1 saturated carbocycles. The van der Waals surface area contributed by atoms with Gasteiger partial charge in [0.15, 0.2) is 6.67 Å². The molecule has 18 aromatic rings. The van der Waals surface area contributed by atoms with Crippen LogP contribution in [-0.4, -0.2) is 125 Å². The van der Waals surface area contributed by atoms with Crippen LogP contribution in [-0.2, 0) is 33.6 Å². The van der Waals surface area contributed by atoms with Crippen molar-refractivity contribution in [2.45, 2.75) is 106 Å². The molecule has 1 aliphatic carbocycles. The Kier molecular flexibility index (Phi) is 30.8. The number of aryl methyl sites for hydroxylation is 6. The van der Waals surface area contributed by atoms with E-state index < -0.39 is 24.5 Å². The van der Waals surface area contributed by atoms with E-state index in [2.05, 4.69) is 165 Å². The van der Waals surface area contributed by atoms with Gasteiger partial charge in [-0.2, -0.15) is 0 Å². The highest BCUT2D eigenvalue weighted by Crippen LogP contribution is 2.36. The molecule has 13 heterocycles. The summed E-state index contributed by atoms with van der Waals surface area (Å²) in [6, 6.07) is 57.9. The molecule has 694 valence electrons. The second kappa shape index (κ2) is 44.8. The Bertz CT molecular complexity index is 7850. The van der Waals surface area contributed by atoms with Gasteiger partial charge in [0, 0.05) is 193 Å². The summed E-state index contributed by atoms with van der Waals surface area (Å²) < 4.78 is 12.3. The number of likely N-dealkylation sites (tertiary alicyclic amines) is 1. The molecule has 0 spiro atoms. The van der Waals surface area contributed by atoms with Crippen molar-refractivity contribution in [2.75, 3.05) is 45.1 Å². The van der Waals surface area contributed by atoms with Crippen LogP contribution in [0.15, 0.2) is 269 Å². The maximum atomic E-state index is 12.7. The Hall–Kier alpha value is -17.9. The number of amides is 7. The lowest BCUT2D eigenvalue weighted by molar-refractivity contribution is -0.132. The van der Waals surface area contributed by atoms with Gasteiger partial charge >= 0.3 is 0 Å². The predicted molar refractivity (Wildman–Crippen MR) is 553 cm³/mol. The van der Waals surface area contributed by atoms with Crippen molar-refractivity contribution >= 4 is 142 Å². The lowest BCUT2D eigenvalue weighted by atomic mass is 10.0. The fraction of sp³-hybridized carbons (Fsp3) is 0.170. The van der Waals surface area contributed by atoms with Gasteiger partial charge in [-0.1, -0.05) is 111 Å². The molecule has 2 fully saturated rings. The monoisotopic (exact) mass is 1840 g/mol. The van der Waals surface area contributed by atoms with Crippen LogP contribution in [0.2, 0.25) is 0 Å². The number of benzene rings is 6. The van der Waals surface area contributed by atoms with Gasteiger partial charge in [-0.3, -0.25) is 33.6 Å². The second-order valence-corrected chi connectivity index (χ2v) is 33.6. The maximum Gasteiger partial charge on any atom is 0.300 e. The first-order chi connectivity index (χ1) is 67.4. The number of H-pyrrole nitrogens is 6. The Morgan fingerprint density at radius 3 is 0.964 bits per heavy atom. The van der Waals surface area contributed by atoms with E-state index >= 15 is 0 Å². The first kappa shape index (κ1) is 95.7. The van der Waals surface area contributed by atoms with Crippen molar-refractivity contribution in [3.63, 3.8) is 0 Å². The van der Waals surface area contributed by atoms with Gasteiger partial charge in [0.1, 0.15) is 39.9 Å². The summed E-state index contributed by atoms with van der Waals surface area (Å²) in [4.78, 5) is 130. The molecule has 12 N–H and O–H groups in total. The van der Waals surface area contributed by atoms with Crippen molar-refractivity contribution in [2.24, 2.45) is 5.92 Å². The van der Waals surface area contributed by atoms with Crippen molar-refractivity contribution in [3.05, 3.63) is 302 Å². The molecular weight excluding hydrogens is 1740 g/mol. The smallest absolute Gasteiger partial charge is 0.300 e. The van der Waals surface area contributed by atoms with Crippen LogP contribution in [0.5, 0.6) is 0 Å². The van der Waals surface area contributed by atoms with E-state index in [9.17, 15) is 38.0 Å². The van der Waals surface area contributed by atoms with E-state index in [1.165, 1.54) is 24.5 Å². The van der Waals surface area contributed by atoms with E-state index in [0.29, 0.717) is 36.4 Å². The normalized spacial score (nSPS) is 12.3. The average Bonchev–Trinajstić information content (AvgIpc) is 1.69. The fourth-order valence-electron chi connectivity index (χ4n) is 16.5. The summed E-state index contributed by atoms with van der Waals surface area (Å²) in [6.07, 6.45) is 35.4. The van der Waals surface area contributed by atoms with Gasteiger partial charge in [0.25, 0.3) is 23.6 Å². The number of fused-ring (bicyclic) bond motifs is 6. The zero-order valence-corrected chi connectivity index (χ0v) is 78.0. The van der Waals surface area contributed by atoms with Crippen LogP contribution < -0.4 is 31.9 Å². The van der Waals surface area contributed by atoms with Gasteiger partial charge < -0.3 is 66.7 Å². The number of rotatable bonds is 16. The Balaban J connectivity index is 0.000000127. The Morgan fingerprint density at radius 1 is 0.388 bits per heavy atom. The van der Waals surface area contributed by atoms with Crippen LogP contribution in [0.1, 0.15) is 92.2 Å². The minimum Gasteiger partial charge on any atom is -0.346 e. The summed E-state index contributed by atoms with van der Waals surface area (Å²) in [6.45, 7) is 18.9. The molecule has 27 heteroatoms. The third-order valence-electron chi connectivity index (χ3n) is 23.8. The molecule has 20 rings (SSSR count). The largest absolute Gasteiger partial charge is 0.346 e. The molecule has 0 bridgehead atoms. The summed E-state index contributed by atoms with van der Waals surface area (Å²) in [5.74, 6) is 10.6. The number of aromatic amines is 6. The number of aromatic nitrogens is 12. The minimum absolute atomic E-state index is 0.153. The van der Waals surface area contributed by atoms with Crippen molar-refractivity contribution in [1.29, 1.82) is 0 Å². The molecular formula is C112H102FN19O7. The second-order valence-electron chi connectivity index (χ2n) is 33.6. The average molecular weight is 1850 g/mol. The van der Waals surface area contributed by atoms with E-state index in [1.54, 1.807) is 42.4 Å². The van der Waals surface area contributed by atoms with E-state index in [0.717, 1.165) is 197 Å². The summed E-state index contributed by atoms with van der Waals surface area (Å²) in [5.41, 5.74) is 28.3. The summed E-state index contributed by atoms with van der Waals surface area (Å²) in [5, 5.41) is 23.3. The number of nitrogens with zero attached hydrogens (tertiary/aromatic N) is 7. The van der Waals surface area contributed by atoms with Crippen molar-refractivity contribution in [1.82, 2.24) is 64.7 Å². The Morgan fingerprint density at radius 2 is 0.676 bits per heavy atom. The minimum atomic E-state index is -1.03. The number of nitrogens with one attached hydrogen (secondary N) is 12. The number of hydrogen-bond donors (Lipinski definition) is 12. The molecule has 12 aromatic heterocycles. The molecule has 6 aromatic carbocycles. The molecule has 26 nitrogen and oxygen atoms in total. The van der Waals surface area contributed by atoms with Crippen LogP contribution in [0.3, 0.4) is 0 Å². The van der Waals surface area contributed by atoms with Gasteiger partial charge in [0.2, 0.25) is 17.7 Å². The molecule has 139 heavy (non-hydrogen) atoms. The van der Waals surface area contributed by atoms with Crippen LogP contribution in [0.25, 0.3) is 133 Å². The number of anilines is 6. The third kappa shape index (κ3) is 24.0. The number of carbonyl (C=O) groups is 7. The van der Waals surface area contributed by atoms with Crippen LogP contribution in [0.4, 0.5) is 38.5 Å². The molecule has 1 aliphatic heterocycles. The number of terminal acetylenes is 1. The molecule has 0 radical (unpaired) electrons.